The molecule has 0 bridgehead atoms. The Balaban J connectivity index is 1.13. The van der Waals surface area contributed by atoms with Crippen LogP contribution in [0.15, 0.2) is 55.1 Å². The minimum Gasteiger partial charge on any atom is -0.442 e. The fourth-order valence-electron chi connectivity index (χ4n) is 4.35. The average Bonchev–Trinajstić information content (AvgIpc) is 3.57. The van der Waals surface area contributed by atoms with E-state index in [0.717, 1.165) is 0 Å². The van der Waals surface area contributed by atoms with Crippen LogP contribution < -0.4 is 15.1 Å². The van der Waals surface area contributed by atoms with E-state index < -0.39 is 18.0 Å². The van der Waals surface area contributed by atoms with Crippen molar-refractivity contribution < 1.29 is 23.5 Å². The number of aromatic nitrogens is 4. The van der Waals surface area contributed by atoms with Crippen LogP contribution in [-0.4, -0.2) is 88.2 Å². The summed E-state index contributed by atoms with van der Waals surface area (Å²) in [4.78, 5) is 45.8. The summed E-state index contributed by atoms with van der Waals surface area (Å²) in [6.45, 7) is 2.17. The minimum absolute atomic E-state index is 0.124. The first kappa shape index (κ1) is 24.2. The molecular formula is C24H25FN8O4. The van der Waals surface area contributed by atoms with Crippen molar-refractivity contribution in [2.24, 2.45) is 0 Å². The predicted octanol–water partition coefficient (Wildman–Crippen LogP) is 0.916. The molecule has 3 aromatic rings. The Morgan fingerprint density at radius 1 is 1.14 bits per heavy atom. The molecule has 1 aromatic carbocycles. The van der Waals surface area contributed by atoms with Crippen molar-refractivity contribution in [1.82, 2.24) is 30.2 Å². The topological polar surface area (TPSA) is 126 Å². The third-order valence-corrected chi connectivity index (χ3v) is 6.28. The fourth-order valence-corrected chi connectivity index (χ4v) is 4.35. The van der Waals surface area contributed by atoms with Gasteiger partial charge in [-0.2, -0.15) is 0 Å². The van der Waals surface area contributed by atoms with Crippen LogP contribution in [0.1, 0.15) is 10.4 Å². The second-order valence-electron chi connectivity index (χ2n) is 8.67. The van der Waals surface area contributed by atoms with E-state index in [2.05, 4.69) is 20.6 Å². The SMILES string of the molecule is O=C(NCC(=O)N1CCN(c2ccc(N3C[C@H](Cn4ccnn4)OC3=O)cc2F)CC1)c1cccnc1. The summed E-state index contributed by atoms with van der Waals surface area (Å²) >= 11 is 0. The van der Waals surface area contributed by atoms with Gasteiger partial charge in [0.15, 0.2) is 0 Å². The molecule has 0 saturated carbocycles. The number of cyclic esters (lactones) is 1. The highest BCUT2D eigenvalue weighted by Crippen LogP contribution is 2.28. The van der Waals surface area contributed by atoms with E-state index in [9.17, 15) is 14.4 Å². The third-order valence-electron chi connectivity index (χ3n) is 6.28. The van der Waals surface area contributed by atoms with Crippen LogP contribution in [0, 0.1) is 5.82 Å². The zero-order valence-corrected chi connectivity index (χ0v) is 19.9. The van der Waals surface area contributed by atoms with Gasteiger partial charge >= 0.3 is 6.09 Å². The van der Waals surface area contributed by atoms with E-state index in [4.69, 9.17) is 4.74 Å². The summed E-state index contributed by atoms with van der Waals surface area (Å²) in [6.07, 6.45) is 5.26. The molecule has 0 unspecified atom stereocenters. The van der Waals surface area contributed by atoms with Crippen LogP contribution in [0.25, 0.3) is 0 Å². The molecule has 1 atom stereocenters. The Morgan fingerprint density at radius 2 is 1.97 bits per heavy atom. The molecule has 2 fully saturated rings. The van der Waals surface area contributed by atoms with Crippen molar-refractivity contribution in [3.05, 3.63) is 66.5 Å². The van der Waals surface area contributed by atoms with Crippen LogP contribution in [0.2, 0.25) is 0 Å². The molecule has 2 aliphatic rings. The average molecular weight is 509 g/mol. The largest absolute Gasteiger partial charge is 0.442 e. The summed E-state index contributed by atoms with van der Waals surface area (Å²) in [5, 5.41) is 10.2. The highest BCUT2D eigenvalue weighted by Gasteiger charge is 2.33. The van der Waals surface area contributed by atoms with Gasteiger partial charge in [0.1, 0.15) is 11.9 Å². The van der Waals surface area contributed by atoms with Gasteiger partial charge in [-0.3, -0.25) is 19.5 Å². The Morgan fingerprint density at radius 3 is 2.68 bits per heavy atom. The summed E-state index contributed by atoms with van der Waals surface area (Å²) in [6, 6.07) is 7.91. The number of amides is 3. The lowest BCUT2D eigenvalue weighted by atomic mass is 10.2. The van der Waals surface area contributed by atoms with E-state index >= 15 is 4.39 Å². The van der Waals surface area contributed by atoms with E-state index in [-0.39, 0.29) is 24.9 Å². The number of nitrogens with zero attached hydrogens (tertiary/aromatic N) is 7. The highest BCUT2D eigenvalue weighted by molar-refractivity contribution is 5.96. The monoisotopic (exact) mass is 508 g/mol. The van der Waals surface area contributed by atoms with Crippen molar-refractivity contribution in [2.45, 2.75) is 12.6 Å². The molecule has 12 nitrogen and oxygen atoms in total. The molecule has 4 heterocycles. The first-order chi connectivity index (χ1) is 18.0. The number of pyridine rings is 1. The van der Waals surface area contributed by atoms with Crippen molar-refractivity contribution in [2.75, 3.05) is 49.1 Å². The molecule has 0 radical (unpaired) electrons. The number of anilines is 2. The van der Waals surface area contributed by atoms with Crippen LogP contribution in [0.5, 0.6) is 0 Å². The Bertz CT molecular complexity index is 1270. The third kappa shape index (κ3) is 5.50. The normalized spacial score (nSPS) is 17.6. The van der Waals surface area contributed by atoms with Gasteiger partial charge in [-0.1, -0.05) is 5.21 Å². The first-order valence-electron chi connectivity index (χ1n) is 11.8. The smallest absolute Gasteiger partial charge is 0.414 e. The van der Waals surface area contributed by atoms with Gasteiger partial charge in [-0.05, 0) is 30.3 Å². The number of carbonyl (C=O) groups excluding carboxylic acids is 3. The molecule has 37 heavy (non-hydrogen) atoms. The van der Waals surface area contributed by atoms with Gasteiger partial charge in [0, 0.05) is 44.8 Å². The molecule has 5 rings (SSSR count). The highest BCUT2D eigenvalue weighted by atomic mass is 19.1. The van der Waals surface area contributed by atoms with Crippen molar-refractivity contribution >= 4 is 29.3 Å². The number of benzene rings is 1. The fraction of sp³-hybridized carbons (Fsp3) is 0.333. The van der Waals surface area contributed by atoms with Crippen molar-refractivity contribution in [3.8, 4) is 0 Å². The number of nitrogens with one attached hydrogen (secondary N) is 1. The lowest BCUT2D eigenvalue weighted by Crippen LogP contribution is -2.51. The minimum atomic E-state index is -0.542. The van der Waals surface area contributed by atoms with Gasteiger partial charge in [0.25, 0.3) is 5.91 Å². The van der Waals surface area contributed by atoms with E-state index in [1.165, 1.54) is 17.2 Å². The van der Waals surface area contributed by atoms with E-state index in [1.807, 2.05) is 4.90 Å². The van der Waals surface area contributed by atoms with Crippen LogP contribution in [0.3, 0.4) is 0 Å². The molecule has 2 saturated heterocycles. The molecule has 2 aromatic heterocycles. The molecule has 0 aliphatic carbocycles. The van der Waals surface area contributed by atoms with Gasteiger partial charge < -0.3 is 19.9 Å². The molecule has 1 N–H and O–H groups in total. The molecule has 192 valence electrons. The second-order valence-corrected chi connectivity index (χ2v) is 8.67. The number of hydrogen-bond donors (Lipinski definition) is 1. The van der Waals surface area contributed by atoms with Gasteiger partial charge in [-0.25, -0.2) is 13.9 Å². The van der Waals surface area contributed by atoms with E-state index in [1.54, 1.807) is 52.4 Å². The molecule has 3 amide bonds. The number of rotatable bonds is 7. The van der Waals surface area contributed by atoms with Gasteiger partial charge in [0.05, 0.1) is 42.8 Å². The van der Waals surface area contributed by atoms with Crippen molar-refractivity contribution in [1.29, 1.82) is 0 Å². The number of carbonyl (C=O) groups is 3. The van der Waals surface area contributed by atoms with Crippen LogP contribution in [0.4, 0.5) is 20.6 Å². The predicted molar refractivity (Wildman–Crippen MR) is 129 cm³/mol. The number of ether oxygens (including phenoxy) is 1. The second kappa shape index (κ2) is 10.6. The zero-order chi connectivity index (χ0) is 25.8. The van der Waals surface area contributed by atoms with Crippen molar-refractivity contribution in [3.63, 3.8) is 0 Å². The summed E-state index contributed by atoms with van der Waals surface area (Å²) in [7, 11) is 0. The standard InChI is InChI=1S/C24H25FN8O4/c25-20-12-18(33-16-19(37-24(33)36)15-32-7-6-28-29-32)3-4-21(20)30-8-10-31(11-9-30)22(34)14-27-23(35)17-2-1-5-26-13-17/h1-7,12-13,19H,8-11,14-16H2,(H,27,35)/t19-/m0/s1. The lowest BCUT2D eigenvalue weighted by Gasteiger charge is -2.36. The maximum atomic E-state index is 15.1. The quantitative estimate of drug-likeness (QED) is 0.499. The molecule has 0 spiro atoms. The summed E-state index contributed by atoms with van der Waals surface area (Å²) < 4.78 is 22.0. The summed E-state index contributed by atoms with van der Waals surface area (Å²) in [5.41, 5.74) is 1.19. The maximum absolute atomic E-state index is 15.1. The number of piperazine rings is 1. The maximum Gasteiger partial charge on any atom is 0.414 e. The molecule has 13 heteroatoms. The first-order valence-corrected chi connectivity index (χ1v) is 11.8. The van der Waals surface area contributed by atoms with Crippen LogP contribution >= 0.6 is 0 Å². The Kier molecular flexibility index (Phi) is 6.92. The zero-order valence-electron chi connectivity index (χ0n) is 19.9. The summed E-state index contributed by atoms with van der Waals surface area (Å²) in [5.74, 6) is -1.04. The number of hydrogen-bond acceptors (Lipinski definition) is 8. The van der Waals surface area contributed by atoms with Gasteiger partial charge in [0.2, 0.25) is 5.91 Å². The lowest BCUT2D eigenvalue weighted by molar-refractivity contribution is -0.130. The van der Waals surface area contributed by atoms with Crippen LogP contribution in [-0.2, 0) is 16.1 Å². The molecule has 2 aliphatic heterocycles. The van der Waals surface area contributed by atoms with Gasteiger partial charge in [-0.15, -0.1) is 5.10 Å². The Hall–Kier alpha value is -4.55. The number of halogens is 1. The Labute approximate surface area is 211 Å². The molecular weight excluding hydrogens is 483 g/mol. The van der Waals surface area contributed by atoms with E-state index in [0.29, 0.717) is 49.7 Å².